The van der Waals surface area contributed by atoms with Crippen LogP contribution in [-0.2, 0) is 11.2 Å². The highest BCUT2D eigenvalue weighted by molar-refractivity contribution is 5.80. The van der Waals surface area contributed by atoms with Gasteiger partial charge >= 0.3 is 0 Å². The third-order valence-corrected chi connectivity index (χ3v) is 3.24. The van der Waals surface area contributed by atoms with Crippen molar-refractivity contribution in [3.05, 3.63) is 29.8 Å². The van der Waals surface area contributed by atoms with Crippen molar-refractivity contribution in [3.8, 4) is 5.75 Å². The van der Waals surface area contributed by atoms with Gasteiger partial charge in [-0.1, -0.05) is 18.2 Å². The number of para-hydroxylation sites is 1. The summed E-state index contributed by atoms with van der Waals surface area (Å²) in [5.74, 6) is 0.128. The van der Waals surface area contributed by atoms with Crippen LogP contribution in [0.2, 0.25) is 0 Å². The highest BCUT2D eigenvalue weighted by Crippen LogP contribution is 2.21. The summed E-state index contributed by atoms with van der Waals surface area (Å²) in [5.41, 5.74) is 0.640. The Morgan fingerprint density at radius 2 is 2.18 bits per heavy atom. The maximum atomic E-state index is 12.0. The molecule has 1 aliphatic heterocycles. The van der Waals surface area contributed by atoms with Crippen LogP contribution in [0, 0.1) is 0 Å². The Balaban J connectivity index is 2.04. The van der Waals surface area contributed by atoms with Crippen molar-refractivity contribution < 1.29 is 15.0 Å². The number of amides is 1. The molecule has 2 N–H and O–H groups in total. The van der Waals surface area contributed by atoms with Crippen molar-refractivity contribution in [3.63, 3.8) is 0 Å². The second-order valence-electron chi connectivity index (χ2n) is 4.37. The molecule has 1 aromatic carbocycles. The summed E-state index contributed by atoms with van der Waals surface area (Å²) in [7, 11) is 0. The maximum absolute atomic E-state index is 12.0. The number of hydrogen-bond acceptors (Lipinski definition) is 3. The summed E-state index contributed by atoms with van der Waals surface area (Å²) in [4.78, 5) is 13.8. The third kappa shape index (κ3) is 2.58. The highest BCUT2D eigenvalue weighted by Gasteiger charge is 2.28. The van der Waals surface area contributed by atoms with Crippen molar-refractivity contribution in [1.29, 1.82) is 0 Å². The lowest BCUT2D eigenvalue weighted by atomic mass is 10.1. The number of rotatable bonds is 3. The van der Waals surface area contributed by atoms with Gasteiger partial charge in [-0.05, 0) is 18.9 Å². The number of benzene rings is 1. The summed E-state index contributed by atoms with van der Waals surface area (Å²) in [6.45, 7) is 0.726. The molecule has 1 fully saturated rings. The number of phenols is 1. The first kappa shape index (κ1) is 11.9. The van der Waals surface area contributed by atoms with Gasteiger partial charge in [0.25, 0.3) is 0 Å². The highest BCUT2D eigenvalue weighted by atomic mass is 16.3. The standard InChI is InChI=1S/C13H17NO3/c15-9-11-5-3-7-14(11)13(17)8-10-4-1-2-6-12(10)16/h1-2,4,6,11,15-16H,3,5,7-9H2/t11-/m0/s1. The van der Waals surface area contributed by atoms with Gasteiger partial charge in [0.2, 0.25) is 5.91 Å². The molecule has 1 saturated heterocycles. The Morgan fingerprint density at radius 3 is 2.88 bits per heavy atom. The number of aromatic hydroxyl groups is 1. The minimum atomic E-state index is -0.0478. The first-order chi connectivity index (χ1) is 8.22. The predicted octanol–water partition coefficient (Wildman–Crippen LogP) is 0.918. The van der Waals surface area contributed by atoms with Crippen LogP contribution in [-0.4, -0.2) is 40.2 Å². The van der Waals surface area contributed by atoms with E-state index in [1.165, 1.54) is 0 Å². The van der Waals surface area contributed by atoms with Crippen LogP contribution >= 0.6 is 0 Å². The van der Waals surface area contributed by atoms with Gasteiger partial charge in [0.15, 0.2) is 0 Å². The van der Waals surface area contributed by atoms with E-state index in [0.29, 0.717) is 12.1 Å². The van der Waals surface area contributed by atoms with E-state index in [0.717, 1.165) is 12.8 Å². The van der Waals surface area contributed by atoms with Crippen LogP contribution in [0.4, 0.5) is 0 Å². The molecule has 0 radical (unpaired) electrons. The van der Waals surface area contributed by atoms with Crippen LogP contribution in [0.15, 0.2) is 24.3 Å². The number of aliphatic hydroxyl groups is 1. The van der Waals surface area contributed by atoms with Crippen molar-refractivity contribution in [2.24, 2.45) is 0 Å². The van der Waals surface area contributed by atoms with Gasteiger partial charge in [-0.15, -0.1) is 0 Å². The fraction of sp³-hybridized carbons (Fsp3) is 0.462. The number of aliphatic hydroxyl groups excluding tert-OH is 1. The second kappa shape index (κ2) is 5.19. The summed E-state index contributed by atoms with van der Waals surface area (Å²) in [6.07, 6.45) is 2.00. The molecule has 92 valence electrons. The van der Waals surface area contributed by atoms with E-state index in [1.807, 2.05) is 0 Å². The number of nitrogens with zero attached hydrogens (tertiary/aromatic N) is 1. The predicted molar refractivity (Wildman–Crippen MR) is 63.6 cm³/mol. The molecule has 0 bridgehead atoms. The second-order valence-corrected chi connectivity index (χ2v) is 4.37. The Hall–Kier alpha value is -1.55. The molecule has 0 spiro atoms. The minimum Gasteiger partial charge on any atom is -0.508 e. The van der Waals surface area contributed by atoms with Gasteiger partial charge in [-0.2, -0.15) is 0 Å². The van der Waals surface area contributed by atoms with Crippen LogP contribution < -0.4 is 0 Å². The summed E-state index contributed by atoms with van der Waals surface area (Å²) >= 11 is 0. The number of carbonyl (C=O) groups is 1. The first-order valence-corrected chi connectivity index (χ1v) is 5.89. The molecule has 0 unspecified atom stereocenters. The van der Waals surface area contributed by atoms with Crippen LogP contribution in [0.3, 0.4) is 0 Å². The van der Waals surface area contributed by atoms with Gasteiger partial charge in [0.1, 0.15) is 5.75 Å². The molecule has 4 heteroatoms. The fourth-order valence-electron chi connectivity index (χ4n) is 2.28. The Labute approximate surface area is 100 Å². The molecule has 1 aliphatic rings. The third-order valence-electron chi connectivity index (χ3n) is 3.24. The normalized spacial score (nSPS) is 19.6. The lowest BCUT2D eigenvalue weighted by Crippen LogP contribution is -2.38. The van der Waals surface area contributed by atoms with Gasteiger partial charge < -0.3 is 15.1 Å². The fourth-order valence-corrected chi connectivity index (χ4v) is 2.28. The average molecular weight is 235 g/mol. The number of hydrogen-bond donors (Lipinski definition) is 2. The monoisotopic (exact) mass is 235 g/mol. The Kier molecular flexibility index (Phi) is 3.64. The summed E-state index contributed by atoms with van der Waals surface area (Å²) in [6, 6.07) is 6.81. The molecule has 2 rings (SSSR count). The van der Waals surface area contributed by atoms with Gasteiger partial charge in [-0.3, -0.25) is 4.79 Å². The smallest absolute Gasteiger partial charge is 0.227 e. The molecular weight excluding hydrogens is 218 g/mol. The molecule has 1 amide bonds. The van der Waals surface area contributed by atoms with Crippen LogP contribution in [0.5, 0.6) is 5.75 Å². The van der Waals surface area contributed by atoms with Crippen molar-refractivity contribution in [2.75, 3.05) is 13.2 Å². The lowest BCUT2D eigenvalue weighted by Gasteiger charge is -2.23. The van der Waals surface area contributed by atoms with Crippen molar-refractivity contribution in [2.45, 2.75) is 25.3 Å². The van der Waals surface area contributed by atoms with Gasteiger partial charge in [0, 0.05) is 12.1 Å². The summed E-state index contributed by atoms with van der Waals surface area (Å²) in [5, 5.41) is 18.8. The number of phenolic OH excluding ortho intramolecular Hbond substituents is 1. The van der Waals surface area contributed by atoms with Crippen molar-refractivity contribution >= 4 is 5.91 Å². The van der Waals surface area contributed by atoms with Crippen LogP contribution in [0.1, 0.15) is 18.4 Å². The van der Waals surface area contributed by atoms with Gasteiger partial charge in [0.05, 0.1) is 19.1 Å². The molecule has 1 aromatic rings. The zero-order chi connectivity index (χ0) is 12.3. The topological polar surface area (TPSA) is 60.8 Å². The molecule has 4 nitrogen and oxygen atoms in total. The van der Waals surface area contributed by atoms with E-state index in [9.17, 15) is 9.90 Å². The molecule has 17 heavy (non-hydrogen) atoms. The first-order valence-electron chi connectivity index (χ1n) is 5.89. The van der Waals surface area contributed by atoms with E-state index in [2.05, 4.69) is 0 Å². The molecule has 0 aliphatic carbocycles. The zero-order valence-electron chi connectivity index (χ0n) is 9.67. The molecule has 0 saturated carbocycles. The van der Waals surface area contributed by atoms with Crippen LogP contribution in [0.25, 0.3) is 0 Å². The van der Waals surface area contributed by atoms with E-state index in [4.69, 9.17) is 5.11 Å². The minimum absolute atomic E-state index is 0.0203. The lowest BCUT2D eigenvalue weighted by molar-refractivity contribution is -0.132. The van der Waals surface area contributed by atoms with Gasteiger partial charge in [-0.25, -0.2) is 0 Å². The SMILES string of the molecule is O=C(Cc1ccccc1O)N1CCC[C@H]1CO. The maximum Gasteiger partial charge on any atom is 0.227 e. The number of likely N-dealkylation sites (tertiary alicyclic amines) is 1. The molecule has 0 aromatic heterocycles. The Morgan fingerprint density at radius 1 is 1.41 bits per heavy atom. The number of carbonyl (C=O) groups excluding carboxylic acids is 1. The molecule has 1 atom stereocenters. The Bertz CT molecular complexity index is 405. The van der Waals surface area contributed by atoms with Crippen molar-refractivity contribution in [1.82, 2.24) is 4.90 Å². The largest absolute Gasteiger partial charge is 0.508 e. The van der Waals surface area contributed by atoms with E-state index < -0.39 is 0 Å². The summed E-state index contributed by atoms with van der Waals surface area (Å²) < 4.78 is 0. The zero-order valence-corrected chi connectivity index (χ0v) is 9.67. The van der Waals surface area contributed by atoms with E-state index in [1.54, 1.807) is 29.2 Å². The van der Waals surface area contributed by atoms with E-state index >= 15 is 0 Å². The quantitative estimate of drug-likeness (QED) is 0.819. The average Bonchev–Trinajstić information content (AvgIpc) is 2.80. The molecular formula is C13H17NO3. The van der Waals surface area contributed by atoms with E-state index in [-0.39, 0.29) is 30.7 Å². The molecule has 1 heterocycles.